The Morgan fingerprint density at radius 2 is 1.86 bits per heavy atom. The van der Waals surface area contributed by atoms with Gasteiger partial charge in [0, 0.05) is 20.4 Å². The third kappa shape index (κ3) is 2.80. The molecule has 1 unspecified atom stereocenters. The van der Waals surface area contributed by atoms with Crippen molar-refractivity contribution >= 4 is 49.0 Å². The van der Waals surface area contributed by atoms with Crippen LogP contribution in [0.5, 0.6) is 0 Å². The van der Waals surface area contributed by atoms with E-state index in [1.165, 1.54) is 0 Å². The van der Waals surface area contributed by atoms with Crippen molar-refractivity contribution in [3.8, 4) is 0 Å². The summed E-state index contributed by atoms with van der Waals surface area (Å²) in [6.45, 7) is 0. The first kappa shape index (κ1) is 14.1. The van der Waals surface area contributed by atoms with Crippen LogP contribution in [0.25, 0.3) is 10.1 Å². The molecule has 5 heteroatoms. The molecule has 0 aliphatic carbocycles. The van der Waals surface area contributed by atoms with E-state index in [0.29, 0.717) is 0 Å². The van der Waals surface area contributed by atoms with E-state index in [9.17, 15) is 9.90 Å². The number of fused-ring (bicyclic) bond motifs is 1. The lowest BCUT2D eigenvalue weighted by atomic mass is 10.1. The highest BCUT2D eigenvalue weighted by atomic mass is 79.9. The Kier molecular flexibility index (Phi) is 3.94. The lowest BCUT2D eigenvalue weighted by molar-refractivity contribution is -0.138. The van der Waals surface area contributed by atoms with Crippen LogP contribution in [0.4, 0.5) is 5.69 Å². The minimum absolute atomic E-state index is 0.764. The summed E-state index contributed by atoms with van der Waals surface area (Å²) in [7, 11) is 0. The van der Waals surface area contributed by atoms with Crippen LogP contribution in [-0.4, -0.2) is 11.1 Å². The Hall–Kier alpha value is -1.85. The zero-order valence-electron chi connectivity index (χ0n) is 10.9. The molecule has 1 heterocycles. The number of aliphatic carboxylic acids is 1. The Morgan fingerprint density at radius 1 is 1.14 bits per heavy atom. The number of carboxylic acid groups (broad SMARTS) is 1. The Labute approximate surface area is 134 Å². The number of rotatable bonds is 4. The van der Waals surface area contributed by atoms with Crippen LogP contribution in [0.1, 0.15) is 11.6 Å². The summed E-state index contributed by atoms with van der Waals surface area (Å²) in [6, 6.07) is 14.6. The number of carboxylic acids is 1. The average Bonchev–Trinajstić information content (AvgIpc) is 2.90. The van der Waals surface area contributed by atoms with E-state index in [2.05, 4.69) is 21.2 Å². The lowest BCUT2D eigenvalue weighted by Gasteiger charge is -2.16. The van der Waals surface area contributed by atoms with Crippen molar-refractivity contribution in [2.45, 2.75) is 6.04 Å². The minimum Gasteiger partial charge on any atom is -0.479 e. The number of carbonyl (C=O) groups is 1. The molecule has 3 rings (SSSR count). The highest BCUT2D eigenvalue weighted by molar-refractivity contribution is 9.10. The van der Waals surface area contributed by atoms with Gasteiger partial charge in [-0.2, -0.15) is 0 Å². The average molecular weight is 362 g/mol. The second-order valence-corrected chi connectivity index (χ2v) is 6.35. The first-order chi connectivity index (χ1) is 10.2. The minimum atomic E-state index is -0.894. The number of nitrogens with one attached hydrogen (secondary N) is 1. The predicted molar refractivity (Wildman–Crippen MR) is 90.0 cm³/mol. The molecule has 3 nitrogen and oxygen atoms in total. The number of thiophene rings is 1. The fourth-order valence-corrected chi connectivity index (χ4v) is 3.61. The molecule has 2 aromatic carbocycles. The lowest BCUT2D eigenvalue weighted by Crippen LogP contribution is -2.20. The first-order valence-electron chi connectivity index (χ1n) is 6.37. The Balaban J connectivity index is 2.03. The highest BCUT2D eigenvalue weighted by Crippen LogP contribution is 2.33. The molecule has 0 amide bonds. The van der Waals surface area contributed by atoms with Crippen LogP contribution in [-0.2, 0) is 4.79 Å². The molecule has 0 fully saturated rings. The van der Waals surface area contributed by atoms with E-state index >= 15 is 0 Å². The van der Waals surface area contributed by atoms with Crippen LogP contribution < -0.4 is 5.32 Å². The maximum atomic E-state index is 11.7. The second-order valence-electron chi connectivity index (χ2n) is 4.58. The van der Waals surface area contributed by atoms with E-state index in [1.54, 1.807) is 11.3 Å². The third-order valence-corrected chi connectivity index (χ3v) is 4.92. The van der Waals surface area contributed by atoms with E-state index in [4.69, 9.17) is 0 Å². The van der Waals surface area contributed by atoms with Crippen LogP contribution in [0.3, 0.4) is 0 Å². The van der Waals surface area contributed by atoms with Gasteiger partial charge in [-0.25, -0.2) is 4.79 Å². The van der Waals surface area contributed by atoms with Crippen molar-refractivity contribution < 1.29 is 9.90 Å². The smallest absolute Gasteiger partial charge is 0.330 e. The normalized spacial score (nSPS) is 12.2. The van der Waals surface area contributed by atoms with Crippen molar-refractivity contribution in [1.82, 2.24) is 0 Å². The SMILES string of the molecule is O=C(O)C(Nc1ccccc1Br)c1csc2ccccc12. The summed E-state index contributed by atoms with van der Waals surface area (Å²) in [6.07, 6.45) is 0. The summed E-state index contributed by atoms with van der Waals surface area (Å²) in [5, 5.41) is 15.6. The van der Waals surface area contributed by atoms with Crippen molar-refractivity contribution in [2.75, 3.05) is 5.32 Å². The summed E-state index contributed by atoms with van der Waals surface area (Å²) >= 11 is 4.99. The number of halogens is 1. The highest BCUT2D eigenvalue weighted by Gasteiger charge is 2.23. The van der Waals surface area contributed by atoms with E-state index < -0.39 is 12.0 Å². The maximum absolute atomic E-state index is 11.7. The van der Waals surface area contributed by atoms with Gasteiger partial charge in [0.1, 0.15) is 0 Å². The van der Waals surface area contributed by atoms with Gasteiger partial charge in [-0.1, -0.05) is 30.3 Å². The number of hydrogen-bond acceptors (Lipinski definition) is 3. The van der Waals surface area contributed by atoms with Crippen LogP contribution in [0.2, 0.25) is 0 Å². The molecule has 1 aromatic heterocycles. The quantitative estimate of drug-likeness (QED) is 0.694. The molecule has 1 atom stereocenters. The van der Waals surface area contributed by atoms with Crippen molar-refractivity contribution in [3.63, 3.8) is 0 Å². The summed E-state index contributed by atoms with van der Waals surface area (Å²) < 4.78 is 1.93. The summed E-state index contributed by atoms with van der Waals surface area (Å²) in [5.41, 5.74) is 1.55. The molecule has 0 radical (unpaired) electrons. The van der Waals surface area contributed by atoms with Gasteiger partial charge in [-0.15, -0.1) is 11.3 Å². The molecule has 0 aliphatic heterocycles. The van der Waals surface area contributed by atoms with Crippen molar-refractivity contribution in [3.05, 3.63) is 63.9 Å². The largest absolute Gasteiger partial charge is 0.479 e. The van der Waals surface area contributed by atoms with Gasteiger partial charge in [0.05, 0.1) is 0 Å². The van der Waals surface area contributed by atoms with Crippen LogP contribution >= 0.6 is 27.3 Å². The van der Waals surface area contributed by atoms with Crippen LogP contribution in [0.15, 0.2) is 58.4 Å². The van der Waals surface area contributed by atoms with Gasteiger partial charge in [0.15, 0.2) is 6.04 Å². The summed E-state index contributed by atoms with van der Waals surface area (Å²) in [4.78, 5) is 11.7. The molecule has 0 bridgehead atoms. The second kappa shape index (κ2) is 5.87. The van der Waals surface area contributed by atoms with E-state index in [-0.39, 0.29) is 0 Å². The van der Waals surface area contributed by atoms with Crippen molar-refractivity contribution in [2.24, 2.45) is 0 Å². The van der Waals surface area contributed by atoms with E-state index in [1.807, 2.05) is 53.9 Å². The molecule has 2 N–H and O–H groups in total. The molecule has 21 heavy (non-hydrogen) atoms. The topological polar surface area (TPSA) is 49.3 Å². The van der Waals surface area contributed by atoms with Gasteiger partial charge in [-0.05, 0) is 44.9 Å². The fraction of sp³-hybridized carbons (Fsp3) is 0.0625. The van der Waals surface area contributed by atoms with Gasteiger partial charge in [-0.3, -0.25) is 0 Å². The monoisotopic (exact) mass is 361 g/mol. The number of anilines is 1. The number of para-hydroxylation sites is 1. The van der Waals surface area contributed by atoms with Gasteiger partial charge in [0.2, 0.25) is 0 Å². The third-order valence-electron chi connectivity index (χ3n) is 3.24. The van der Waals surface area contributed by atoms with Gasteiger partial charge in [0.25, 0.3) is 0 Å². The maximum Gasteiger partial charge on any atom is 0.330 e. The molecule has 106 valence electrons. The zero-order chi connectivity index (χ0) is 14.8. The Bertz CT molecular complexity index is 800. The Morgan fingerprint density at radius 3 is 2.62 bits per heavy atom. The zero-order valence-corrected chi connectivity index (χ0v) is 13.3. The molecular formula is C16H12BrNO2S. The molecule has 0 saturated carbocycles. The van der Waals surface area contributed by atoms with Crippen LogP contribution in [0, 0.1) is 0 Å². The molecule has 3 aromatic rings. The molecule has 0 saturated heterocycles. The fourth-order valence-electron chi connectivity index (χ4n) is 2.23. The predicted octanol–water partition coefficient (Wildman–Crippen LogP) is 4.90. The summed E-state index contributed by atoms with van der Waals surface area (Å²) in [5.74, 6) is -0.894. The molecule has 0 spiro atoms. The van der Waals surface area contributed by atoms with Crippen molar-refractivity contribution in [1.29, 1.82) is 0 Å². The van der Waals surface area contributed by atoms with Gasteiger partial charge < -0.3 is 10.4 Å². The number of benzene rings is 2. The molecule has 0 aliphatic rings. The standard InChI is InChI=1S/C16H12BrNO2S/c17-12-6-2-3-7-13(12)18-15(16(19)20)11-9-21-14-8-4-1-5-10(11)14/h1-9,15,18H,(H,19,20). The number of hydrogen-bond donors (Lipinski definition) is 2. The van der Waals surface area contributed by atoms with E-state index in [0.717, 1.165) is 25.8 Å². The van der Waals surface area contributed by atoms with Gasteiger partial charge >= 0.3 is 5.97 Å². The first-order valence-corrected chi connectivity index (χ1v) is 8.04. The molecular weight excluding hydrogens is 350 g/mol.